The number of benzene rings is 3. The molecule has 0 radical (unpaired) electrons. The van der Waals surface area contributed by atoms with E-state index in [1.54, 1.807) is 7.11 Å². The number of rotatable bonds is 7. The van der Waals surface area contributed by atoms with Crippen molar-refractivity contribution in [2.24, 2.45) is 0 Å². The molecule has 3 aromatic carbocycles. The molecule has 0 amide bonds. The highest BCUT2D eigenvalue weighted by Gasteiger charge is 2.29. The van der Waals surface area contributed by atoms with Gasteiger partial charge in [0.1, 0.15) is 11.6 Å². The van der Waals surface area contributed by atoms with E-state index < -0.39 is 0 Å². The van der Waals surface area contributed by atoms with E-state index in [4.69, 9.17) is 9.72 Å². The fourth-order valence-corrected chi connectivity index (χ4v) is 5.26. The maximum absolute atomic E-state index is 14.2. The molecule has 0 saturated carbocycles. The molecule has 5 rings (SSSR count). The van der Waals surface area contributed by atoms with Crippen LogP contribution in [0.15, 0.2) is 89.7 Å². The molecule has 1 aliphatic rings. The van der Waals surface area contributed by atoms with Crippen LogP contribution in [0.25, 0.3) is 0 Å². The van der Waals surface area contributed by atoms with E-state index in [1.807, 2.05) is 94.6 Å². The lowest BCUT2D eigenvalue weighted by Gasteiger charge is -2.34. The first-order chi connectivity index (χ1) is 20.6. The van der Waals surface area contributed by atoms with Crippen LogP contribution >= 0.6 is 0 Å². The summed E-state index contributed by atoms with van der Waals surface area (Å²) in [4.78, 5) is 21.7. The molecular formula is C37H51N3O2. The van der Waals surface area contributed by atoms with Gasteiger partial charge >= 0.3 is 0 Å². The number of methoxy groups -OCH3 is 1. The van der Waals surface area contributed by atoms with E-state index in [9.17, 15) is 4.79 Å². The lowest BCUT2D eigenvalue weighted by atomic mass is 9.96. The number of aromatic nitrogens is 2. The topological polar surface area (TPSA) is 47.4 Å². The first-order valence-electron chi connectivity index (χ1n) is 15.7. The minimum atomic E-state index is -0.220. The molecule has 5 heteroatoms. The number of fused-ring (bicyclic) bond motifs is 1. The average molecular weight is 570 g/mol. The average Bonchev–Trinajstić information content (AvgIpc) is 3.09. The summed E-state index contributed by atoms with van der Waals surface area (Å²) < 4.78 is 7.26. The summed E-state index contributed by atoms with van der Waals surface area (Å²) in [5.74, 6) is 1.69. The molecule has 42 heavy (non-hydrogen) atoms. The smallest absolute Gasteiger partial charge is 0.259 e. The van der Waals surface area contributed by atoms with Gasteiger partial charge in [-0.05, 0) is 35.7 Å². The first kappa shape index (κ1) is 34.5. The molecule has 2 heterocycles. The summed E-state index contributed by atoms with van der Waals surface area (Å²) in [6, 6.07) is 28.7. The van der Waals surface area contributed by atoms with Gasteiger partial charge in [0, 0.05) is 32.0 Å². The zero-order valence-corrected chi connectivity index (χ0v) is 27.2. The molecule has 1 unspecified atom stereocenters. The third kappa shape index (κ3) is 7.98. The summed E-state index contributed by atoms with van der Waals surface area (Å²) >= 11 is 0. The van der Waals surface area contributed by atoms with Crippen LogP contribution in [-0.2, 0) is 19.4 Å². The van der Waals surface area contributed by atoms with Crippen LogP contribution in [0, 0.1) is 0 Å². The molecule has 0 N–H and O–H groups in total. The lowest BCUT2D eigenvalue weighted by molar-refractivity contribution is 0.188. The van der Waals surface area contributed by atoms with Gasteiger partial charge in [0.05, 0.1) is 24.4 Å². The summed E-state index contributed by atoms with van der Waals surface area (Å²) in [5, 5.41) is 0. The molecule has 0 aliphatic carbocycles. The van der Waals surface area contributed by atoms with Gasteiger partial charge in [0.25, 0.3) is 5.56 Å². The molecular weight excluding hydrogens is 518 g/mol. The predicted molar refractivity (Wildman–Crippen MR) is 178 cm³/mol. The summed E-state index contributed by atoms with van der Waals surface area (Å²) in [6.45, 7) is 17.8. The quantitative estimate of drug-likeness (QED) is 0.223. The van der Waals surface area contributed by atoms with Crippen molar-refractivity contribution in [1.82, 2.24) is 14.5 Å². The molecule has 0 fully saturated rings. The fourth-order valence-electron chi connectivity index (χ4n) is 5.26. The van der Waals surface area contributed by atoms with Crippen molar-refractivity contribution in [3.8, 4) is 5.75 Å². The second kappa shape index (κ2) is 18.0. The number of aryl methyl sites for hydroxylation is 1. The molecule has 226 valence electrons. The van der Waals surface area contributed by atoms with Crippen molar-refractivity contribution >= 4 is 0 Å². The highest BCUT2D eigenvalue weighted by molar-refractivity contribution is 5.35. The number of ether oxygens (including phenoxy) is 1. The van der Waals surface area contributed by atoms with Gasteiger partial charge in [-0.1, -0.05) is 121 Å². The monoisotopic (exact) mass is 569 g/mol. The van der Waals surface area contributed by atoms with E-state index in [0.29, 0.717) is 13.0 Å². The minimum Gasteiger partial charge on any atom is -0.497 e. The Labute approximate surface area is 254 Å². The van der Waals surface area contributed by atoms with Gasteiger partial charge in [-0.2, -0.15) is 0 Å². The van der Waals surface area contributed by atoms with Crippen molar-refractivity contribution in [2.45, 2.75) is 86.9 Å². The van der Waals surface area contributed by atoms with Crippen molar-refractivity contribution in [3.05, 3.63) is 129 Å². The summed E-state index contributed by atoms with van der Waals surface area (Å²) in [6.07, 6.45) is 1.48. The molecule has 4 aromatic rings. The van der Waals surface area contributed by atoms with E-state index in [0.717, 1.165) is 46.9 Å². The normalized spacial score (nSPS) is 12.8. The van der Waals surface area contributed by atoms with E-state index in [-0.39, 0.29) is 17.6 Å². The molecule has 0 bridgehead atoms. The third-order valence-electron chi connectivity index (χ3n) is 7.32. The van der Waals surface area contributed by atoms with E-state index >= 15 is 0 Å². The summed E-state index contributed by atoms with van der Waals surface area (Å²) in [7, 11) is 1.68. The Balaban J connectivity index is 0.000000966. The van der Waals surface area contributed by atoms with Gasteiger partial charge in [-0.3, -0.25) is 14.3 Å². The van der Waals surface area contributed by atoms with Gasteiger partial charge < -0.3 is 4.74 Å². The Bertz CT molecular complexity index is 1330. The highest BCUT2D eigenvalue weighted by Crippen LogP contribution is 2.30. The van der Waals surface area contributed by atoms with Gasteiger partial charge in [0.15, 0.2) is 0 Å². The van der Waals surface area contributed by atoms with Gasteiger partial charge in [-0.15, -0.1) is 0 Å². The molecule has 1 atom stereocenters. The minimum absolute atomic E-state index is 0.0705. The predicted octanol–water partition coefficient (Wildman–Crippen LogP) is 8.65. The second-order valence-electron chi connectivity index (χ2n) is 9.38. The SMILES string of the molecule is CC.CC.CC.CCc1nc2c(c(=O)n1C(c1ccccc1)c1ccccc1)CN(C(C)c1ccc(OC)cc1)CC2. The molecule has 5 nitrogen and oxygen atoms in total. The maximum Gasteiger partial charge on any atom is 0.259 e. The third-order valence-corrected chi connectivity index (χ3v) is 7.32. The van der Waals surface area contributed by atoms with Crippen LogP contribution in [-0.4, -0.2) is 28.1 Å². The van der Waals surface area contributed by atoms with Crippen LogP contribution in [0.1, 0.15) is 101 Å². The van der Waals surface area contributed by atoms with Crippen LogP contribution < -0.4 is 10.3 Å². The Morgan fingerprint density at radius 3 is 1.79 bits per heavy atom. The molecule has 0 spiro atoms. The molecule has 1 aromatic heterocycles. The van der Waals surface area contributed by atoms with Crippen LogP contribution in [0.2, 0.25) is 0 Å². The number of hydrogen-bond donors (Lipinski definition) is 0. The highest BCUT2D eigenvalue weighted by atomic mass is 16.5. The Morgan fingerprint density at radius 2 is 1.31 bits per heavy atom. The lowest BCUT2D eigenvalue weighted by Crippen LogP contribution is -2.41. The number of nitrogens with zero attached hydrogens (tertiary/aromatic N) is 3. The Hall–Kier alpha value is -3.70. The molecule has 0 saturated heterocycles. The van der Waals surface area contributed by atoms with Gasteiger partial charge in [-0.25, -0.2) is 4.98 Å². The van der Waals surface area contributed by atoms with Crippen molar-refractivity contribution in [1.29, 1.82) is 0 Å². The maximum atomic E-state index is 14.2. The largest absolute Gasteiger partial charge is 0.497 e. The van der Waals surface area contributed by atoms with Crippen molar-refractivity contribution in [2.75, 3.05) is 13.7 Å². The number of hydrogen-bond acceptors (Lipinski definition) is 4. The van der Waals surface area contributed by atoms with Crippen LogP contribution in [0.3, 0.4) is 0 Å². The van der Waals surface area contributed by atoms with Crippen LogP contribution in [0.4, 0.5) is 0 Å². The standard InChI is InChI=1S/C31H33N3O2.3C2H6/c1-4-29-32-28-19-20-33(22(2)23-15-17-26(36-3)18-16-23)21-27(28)31(35)34(29)30(24-11-7-5-8-12-24)25-13-9-6-10-14-25;3*1-2/h5-18,22,30H,4,19-21H2,1-3H3;3*1-2H3. The van der Waals surface area contributed by atoms with E-state index in [1.165, 1.54) is 5.56 Å². The first-order valence-corrected chi connectivity index (χ1v) is 15.7. The molecule has 1 aliphatic heterocycles. The van der Waals surface area contributed by atoms with Crippen molar-refractivity contribution in [3.63, 3.8) is 0 Å². The fraction of sp³-hybridized carbons (Fsp3) is 0.405. The van der Waals surface area contributed by atoms with E-state index in [2.05, 4.69) is 55.1 Å². The Morgan fingerprint density at radius 1 is 0.786 bits per heavy atom. The zero-order valence-electron chi connectivity index (χ0n) is 27.2. The summed E-state index contributed by atoms with van der Waals surface area (Å²) in [5.41, 5.74) is 5.22. The van der Waals surface area contributed by atoms with Gasteiger partial charge in [0.2, 0.25) is 0 Å². The Kier molecular flexibility index (Phi) is 14.8. The van der Waals surface area contributed by atoms with Crippen molar-refractivity contribution < 1.29 is 4.74 Å². The van der Waals surface area contributed by atoms with Crippen LogP contribution in [0.5, 0.6) is 5.75 Å². The second-order valence-corrected chi connectivity index (χ2v) is 9.38. The zero-order chi connectivity index (χ0) is 31.1.